The fraction of sp³-hybridized carbons (Fsp3) is 0.273. The van der Waals surface area contributed by atoms with E-state index in [-0.39, 0.29) is 5.78 Å². The van der Waals surface area contributed by atoms with Crippen LogP contribution in [0.5, 0.6) is 0 Å². The number of carbonyl (C=O) groups is 1. The Morgan fingerprint density at radius 1 is 1.50 bits per heavy atom. The number of hydrogen-bond donors (Lipinski definition) is 0. The van der Waals surface area contributed by atoms with E-state index < -0.39 is 0 Å². The summed E-state index contributed by atoms with van der Waals surface area (Å²) >= 11 is 0. The van der Waals surface area contributed by atoms with E-state index in [1.165, 1.54) is 0 Å². The lowest BCUT2D eigenvalue weighted by Gasteiger charge is -2.12. The van der Waals surface area contributed by atoms with Crippen molar-refractivity contribution in [3.8, 4) is 0 Å². The summed E-state index contributed by atoms with van der Waals surface area (Å²) in [5, 5.41) is 0. The van der Waals surface area contributed by atoms with Gasteiger partial charge in [0.2, 0.25) is 0 Å². The largest absolute Gasteiger partial charge is 0.501 e. The van der Waals surface area contributed by atoms with E-state index in [9.17, 15) is 4.79 Å². The first-order chi connectivity index (χ1) is 6.88. The second-order valence-corrected chi connectivity index (χ2v) is 3.19. The van der Waals surface area contributed by atoms with Gasteiger partial charge in [-0.2, -0.15) is 0 Å². The van der Waals surface area contributed by atoms with Gasteiger partial charge in [0.1, 0.15) is 0 Å². The fourth-order valence-corrected chi connectivity index (χ4v) is 1.41. The highest BCUT2D eigenvalue weighted by Gasteiger charge is 2.14. The van der Waals surface area contributed by atoms with Crippen LogP contribution in [0.25, 0.3) is 0 Å². The Labute approximate surface area is 82.4 Å². The Balaban J connectivity index is 2.20. The van der Waals surface area contributed by atoms with Gasteiger partial charge < -0.3 is 4.74 Å². The molecular formula is C11H11NO2. The van der Waals surface area contributed by atoms with Crippen LogP contribution in [0.3, 0.4) is 0 Å². The van der Waals surface area contributed by atoms with Crippen molar-refractivity contribution in [2.24, 2.45) is 0 Å². The molecule has 0 saturated heterocycles. The molecule has 3 heteroatoms. The first kappa shape index (κ1) is 8.94. The van der Waals surface area contributed by atoms with Crippen LogP contribution in [0, 0.1) is 0 Å². The first-order valence-electron chi connectivity index (χ1n) is 4.63. The van der Waals surface area contributed by atoms with Gasteiger partial charge in [-0.25, -0.2) is 0 Å². The summed E-state index contributed by atoms with van der Waals surface area (Å²) in [6, 6.07) is 3.53. The number of ketones is 1. The predicted octanol–water partition coefficient (Wildman–Crippen LogP) is 1.96. The van der Waals surface area contributed by atoms with Crippen LogP contribution in [-0.2, 0) is 4.74 Å². The number of ether oxygens (including phenoxy) is 1. The summed E-state index contributed by atoms with van der Waals surface area (Å²) in [6.07, 6.45) is 6.52. The van der Waals surface area contributed by atoms with Gasteiger partial charge in [0.05, 0.1) is 12.9 Å². The number of aromatic nitrogens is 1. The van der Waals surface area contributed by atoms with Crippen molar-refractivity contribution >= 4 is 5.78 Å². The van der Waals surface area contributed by atoms with Gasteiger partial charge in [-0.1, -0.05) is 0 Å². The van der Waals surface area contributed by atoms with Gasteiger partial charge in [0, 0.05) is 23.5 Å². The minimum absolute atomic E-state index is 0.0257. The summed E-state index contributed by atoms with van der Waals surface area (Å²) in [7, 11) is 0. The second kappa shape index (κ2) is 4.05. The number of nitrogens with zero attached hydrogens (tertiary/aromatic N) is 1. The highest BCUT2D eigenvalue weighted by Crippen LogP contribution is 2.16. The zero-order valence-corrected chi connectivity index (χ0v) is 7.77. The molecule has 72 valence electrons. The topological polar surface area (TPSA) is 39.2 Å². The number of Topliss-reactive ketones (excluding diaryl/α,β-unsaturated/α-hetero) is 1. The average molecular weight is 189 g/mol. The Hall–Kier alpha value is -1.64. The molecule has 0 atom stereocenters. The lowest BCUT2D eigenvalue weighted by Crippen LogP contribution is -2.09. The van der Waals surface area contributed by atoms with Crippen LogP contribution in [0.1, 0.15) is 23.2 Å². The van der Waals surface area contributed by atoms with Crippen LogP contribution >= 0.6 is 0 Å². The summed E-state index contributed by atoms with van der Waals surface area (Å²) < 4.78 is 5.12. The lowest BCUT2D eigenvalue weighted by atomic mass is 10.0. The van der Waals surface area contributed by atoms with Crippen molar-refractivity contribution in [2.75, 3.05) is 6.61 Å². The van der Waals surface area contributed by atoms with Crippen LogP contribution in [0.15, 0.2) is 36.4 Å². The van der Waals surface area contributed by atoms with E-state index in [1.54, 1.807) is 30.8 Å². The molecule has 1 aliphatic heterocycles. The van der Waals surface area contributed by atoms with Gasteiger partial charge in [-0.05, 0) is 25.0 Å². The van der Waals surface area contributed by atoms with E-state index in [0.717, 1.165) is 18.4 Å². The van der Waals surface area contributed by atoms with Gasteiger partial charge in [-0.3, -0.25) is 9.78 Å². The molecule has 1 aromatic rings. The third-order valence-corrected chi connectivity index (χ3v) is 2.15. The van der Waals surface area contributed by atoms with Crippen molar-refractivity contribution in [2.45, 2.75) is 12.8 Å². The van der Waals surface area contributed by atoms with Crippen LogP contribution in [-0.4, -0.2) is 17.4 Å². The molecule has 14 heavy (non-hydrogen) atoms. The summed E-state index contributed by atoms with van der Waals surface area (Å²) in [6.45, 7) is 0.712. The predicted molar refractivity (Wildman–Crippen MR) is 51.8 cm³/mol. The van der Waals surface area contributed by atoms with E-state index in [4.69, 9.17) is 4.74 Å². The smallest absolute Gasteiger partial charge is 0.193 e. The minimum Gasteiger partial charge on any atom is -0.501 e. The monoisotopic (exact) mass is 189 g/mol. The number of hydrogen-bond acceptors (Lipinski definition) is 3. The van der Waals surface area contributed by atoms with Crippen molar-refractivity contribution in [1.29, 1.82) is 0 Å². The quantitative estimate of drug-likeness (QED) is 0.667. The maximum Gasteiger partial charge on any atom is 0.193 e. The Bertz CT molecular complexity index is 357. The molecule has 0 aromatic carbocycles. The molecule has 1 aliphatic rings. The van der Waals surface area contributed by atoms with Crippen molar-refractivity contribution < 1.29 is 9.53 Å². The van der Waals surface area contributed by atoms with Gasteiger partial charge in [0.25, 0.3) is 0 Å². The highest BCUT2D eigenvalue weighted by atomic mass is 16.5. The number of pyridine rings is 1. The minimum atomic E-state index is 0.0257. The number of allylic oxidation sites excluding steroid dienone is 1. The third kappa shape index (κ3) is 1.82. The SMILES string of the molecule is O=C(C1=COCCC1)c1cccnc1. The molecule has 0 spiro atoms. The molecule has 0 N–H and O–H groups in total. The van der Waals surface area contributed by atoms with E-state index in [0.29, 0.717) is 12.2 Å². The molecule has 3 nitrogen and oxygen atoms in total. The summed E-state index contributed by atoms with van der Waals surface area (Å²) in [5.74, 6) is 0.0257. The van der Waals surface area contributed by atoms with Crippen LogP contribution in [0.2, 0.25) is 0 Å². The standard InChI is InChI=1S/C11H11NO2/c13-11(9-3-1-5-12-7-9)10-4-2-6-14-8-10/h1,3,5,7-8H,2,4,6H2. The Kier molecular flexibility index (Phi) is 2.58. The number of rotatable bonds is 2. The molecule has 0 bridgehead atoms. The Morgan fingerprint density at radius 3 is 3.07 bits per heavy atom. The fourth-order valence-electron chi connectivity index (χ4n) is 1.41. The zero-order chi connectivity index (χ0) is 9.80. The summed E-state index contributed by atoms with van der Waals surface area (Å²) in [4.78, 5) is 15.7. The average Bonchev–Trinajstić information content (AvgIpc) is 2.30. The third-order valence-electron chi connectivity index (χ3n) is 2.15. The maximum absolute atomic E-state index is 11.8. The molecule has 0 unspecified atom stereocenters. The molecular weight excluding hydrogens is 178 g/mol. The van der Waals surface area contributed by atoms with Crippen LogP contribution in [0.4, 0.5) is 0 Å². The highest BCUT2D eigenvalue weighted by molar-refractivity contribution is 6.08. The number of carbonyl (C=O) groups excluding carboxylic acids is 1. The second-order valence-electron chi connectivity index (χ2n) is 3.19. The van der Waals surface area contributed by atoms with E-state index >= 15 is 0 Å². The zero-order valence-electron chi connectivity index (χ0n) is 7.77. The van der Waals surface area contributed by atoms with Crippen molar-refractivity contribution in [3.05, 3.63) is 41.9 Å². The van der Waals surface area contributed by atoms with Gasteiger partial charge in [0.15, 0.2) is 5.78 Å². The molecule has 0 fully saturated rings. The van der Waals surface area contributed by atoms with Crippen molar-refractivity contribution in [3.63, 3.8) is 0 Å². The molecule has 1 aromatic heterocycles. The van der Waals surface area contributed by atoms with E-state index in [2.05, 4.69) is 4.98 Å². The molecule has 2 rings (SSSR count). The van der Waals surface area contributed by atoms with E-state index in [1.807, 2.05) is 0 Å². The molecule has 0 aliphatic carbocycles. The normalized spacial score (nSPS) is 15.6. The first-order valence-corrected chi connectivity index (χ1v) is 4.63. The van der Waals surface area contributed by atoms with Crippen molar-refractivity contribution in [1.82, 2.24) is 4.98 Å². The van der Waals surface area contributed by atoms with Gasteiger partial charge in [-0.15, -0.1) is 0 Å². The summed E-state index contributed by atoms with van der Waals surface area (Å²) in [5.41, 5.74) is 1.37. The molecule has 0 radical (unpaired) electrons. The molecule has 0 saturated carbocycles. The molecule has 2 heterocycles. The maximum atomic E-state index is 11.8. The molecule has 0 amide bonds. The lowest BCUT2D eigenvalue weighted by molar-refractivity contribution is 0.101. The van der Waals surface area contributed by atoms with Crippen LogP contribution < -0.4 is 0 Å². The van der Waals surface area contributed by atoms with Gasteiger partial charge >= 0.3 is 0 Å². The Morgan fingerprint density at radius 2 is 2.43 bits per heavy atom.